The minimum Gasteiger partial charge on any atom is -0.389 e. The summed E-state index contributed by atoms with van der Waals surface area (Å²) in [6.45, 7) is 10.7. The van der Waals surface area contributed by atoms with Crippen LogP contribution < -0.4 is 0 Å². The van der Waals surface area contributed by atoms with Crippen molar-refractivity contribution in [1.29, 1.82) is 0 Å². The number of benzene rings is 1. The van der Waals surface area contributed by atoms with Crippen molar-refractivity contribution in [3.8, 4) is 0 Å². The van der Waals surface area contributed by atoms with Gasteiger partial charge in [0.15, 0.2) is 5.78 Å². The molecule has 2 aromatic rings. The van der Waals surface area contributed by atoms with Gasteiger partial charge in [-0.3, -0.25) is 9.48 Å². The first-order valence-electron chi connectivity index (χ1n) is 10.2. The number of β-amino-alcohol motifs (C(OH)–C–C–N with tert-alkyl or cyclic N) is 1. The number of rotatable bonds is 7. The third kappa shape index (κ3) is 5.17. The van der Waals surface area contributed by atoms with Crippen LogP contribution in [0.5, 0.6) is 0 Å². The van der Waals surface area contributed by atoms with E-state index in [0.29, 0.717) is 12.3 Å². The van der Waals surface area contributed by atoms with Gasteiger partial charge >= 0.3 is 0 Å². The second kappa shape index (κ2) is 8.11. The summed E-state index contributed by atoms with van der Waals surface area (Å²) >= 11 is 0. The standard InChI is InChI=1S/C22H33N3O2/c1-16(2)25-14-18-6-5-7-19(21(18)23-25)20(26)9-8-17-10-12-24(13-11-17)15-22(3,4)27/h5-7,14,16-17,27H,8-13,15H2,1-4H3. The maximum absolute atomic E-state index is 12.8. The fourth-order valence-electron chi connectivity index (χ4n) is 4.00. The van der Waals surface area contributed by atoms with Crippen molar-refractivity contribution in [1.82, 2.24) is 14.7 Å². The average Bonchev–Trinajstić information content (AvgIpc) is 3.04. The fourth-order valence-corrected chi connectivity index (χ4v) is 4.00. The van der Waals surface area contributed by atoms with E-state index in [0.717, 1.165) is 55.4 Å². The Balaban J connectivity index is 1.57. The van der Waals surface area contributed by atoms with E-state index in [1.165, 1.54) is 0 Å². The van der Waals surface area contributed by atoms with Gasteiger partial charge in [-0.05, 0) is 72.0 Å². The molecule has 2 heterocycles. The van der Waals surface area contributed by atoms with Crippen LogP contribution in [0.15, 0.2) is 24.4 Å². The summed E-state index contributed by atoms with van der Waals surface area (Å²) in [6, 6.07) is 6.18. The second-order valence-corrected chi connectivity index (χ2v) is 8.94. The lowest BCUT2D eigenvalue weighted by Gasteiger charge is -2.35. The minimum atomic E-state index is -0.638. The van der Waals surface area contributed by atoms with Gasteiger partial charge in [-0.1, -0.05) is 12.1 Å². The number of hydrogen-bond acceptors (Lipinski definition) is 4. The van der Waals surface area contributed by atoms with Crippen molar-refractivity contribution in [2.75, 3.05) is 19.6 Å². The number of Topliss-reactive ketones (excluding diaryl/α,β-unsaturated/α-hetero) is 1. The molecule has 0 radical (unpaired) electrons. The van der Waals surface area contributed by atoms with E-state index in [-0.39, 0.29) is 11.8 Å². The quantitative estimate of drug-likeness (QED) is 0.746. The molecule has 1 N–H and O–H groups in total. The van der Waals surface area contributed by atoms with E-state index >= 15 is 0 Å². The smallest absolute Gasteiger partial charge is 0.165 e. The first-order valence-corrected chi connectivity index (χ1v) is 10.2. The van der Waals surface area contributed by atoms with E-state index in [2.05, 4.69) is 23.8 Å². The van der Waals surface area contributed by atoms with Crippen LogP contribution >= 0.6 is 0 Å². The van der Waals surface area contributed by atoms with Crippen LogP contribution in [-0.4, -0.2) is 50.8 Å². The molecular formula is C22H33N3O2. The van der Waals surface area contributed by atoms with E-state index in [1.54, 1.807) is 0 Å². The molecule has 0 atom stereocenters. The zero-order valence-corrected chi connectivity index (χ0v) is 17.1. The number of aliphatic hydroxyl groups is 1. The van der Waals surface area contributed by atoms with Gasteiger partial charge in [0.05, 0.1) is 5.60 Å². The monoisotopic (exact) mass is 371 g/mol. The Labute approximate surface area is 162 Å². The molecule has 3 rings (SSSR count). The van der Waals surface area contributed by atoms with Crippen molar-refractivity contribution in [2.45, 2.75) is 65.0 Å². The summed E-state index contributed by atoms with van der Waals surface area (Å²) < 4.78 is 1.93. The number of piperidine rings is 1. The van der Waals surface area contributed by atoms with Gasteiger partial charge in [0.25, 0.3) is 0 Å². The highest BCUT2D eigenvalue weighted by atomic mass is 16.3. The Morgan fingerprint density at radius 2 is 2.00 bits per heavy atom. The first kappa shape index (κ1) is 20.0. The molecule has 1 aromatic heterocycles. The number of aromatic nitrogens is 2. The predicted octanol–water partition coefficient (Wildman–Crippen LogP) is 4.06. The molecule has 0 amide bonds. The van der Waals surface area contributed by atoms with Crippen molar-refractivity contribution in [3.05, 3.63) is 30.0 Å². The zero-order valence-electron chi connectivity index (χ0n) is 17.1. The van der Waals surface area contributed by atoms with Crippen molar-refractivity contribution < 1.29 is 9.90 Å². The third-order valence-electron chi connectivity index (χ3n) is 5.48. The van der Waals surface area contributed by atoms with Crippen LogP contribution in [0, 0.1) is 5.92 Å². The van der Waals surface area contributed by atoms with Gasteiger partial charge in [-0.2, -0.15) is 5.10 Å². The van der Waals surface area contributed by atoms with E-state index in [9.17, 15) is 9.90 Å². The number of carbonyl (C=O) groups excluding carboxylic acids is 1. The second-order valence-electron chi connectivity index (χ2n) is 8.94. The van der Waals surface area contributed by atoms with Gasteiger partial charge in [-0.15, -0.1) is 0 Å². The maximum Gasteiger partial charge on any atom is 0.165 e. The summed E-state index contributed by atoms with van der Waals surface area (Å²) in [7, 11) is 0. The summed E-state index contributed by atoms with van der Waals surface area (Å²) in [5.41, 5.74) is 0.948. The van der Waals surface area contributed by atoms with Crippen molar-refractivity contribution in [2.24, 2.45) is 5.92 Å². The van der Waals surface area contributed by atoms with Crippen molar-refractivity contribution in [3.63, 3.8) is 0 Å². The van der Waals surface area contributed by atoms with E-state index < -0.39 is 5.60 Å². The average molecular weight is 372 g/mol. The number of hydrogen-bond donors (Lipinski definition) is 1. The molecule has 5 heteroatoms. The predicted molar refractivity (Wildman–Crippen MR) is 109 cm³/mol. The Hall–Kier alpha value is -1.72. The molecule has 0 spiro atoms. The highest BCUT2D eigenvalue weighted by Crippen LogP contribution is 2.26. The number of ketones is 1. The minimum absolute atomic E-state index is 0.202. The van der Waals surface area contributed by atoms with Crippen LogP contribution in [0.2, 0.25) is 0 Å². The molecule has 1 saturated heterocycles. The number of nitrogens with zero attached hydrogens (tertiary/aromatic N) is 3. The number of carbonyl (C=O) groups is 1. The normalized spacial score (nSPS) is 17.1. The topological polar surface area (TPSA) is 58.4 Å². The van der Waals surface area contributed by atoms with Gasteiger partial charge in [0, 0.05) is 36.2 Å². The molecule has 27 heavy (non-hydrogen) atoms. The highest BCUT2D eigenvalue weighted by molar-refractivity contribution is 6.06. The van der Waals surface area contributed by atoms with Crippen LogP contribution in [0.4, 0.5) is 0 Å². The van der Waals surface area contributed by atoms with Gasteiger partial charge in [0.2, 0.25) is 0 Å². The lowest BCUT2D eigenvalue weighted by molar-refractivity contribution is 0.0239. The Kier molecular flexibility index (Phi) is 6.02. The summed E-state index contributed by atoms with van der Waals surface area (Å²) in [4.78, 5) is 15.2. The van der Waals surface area contributed by atoms with Crippen molar-refractivity contribution >= 4 is 16.7 Å². The number of likely N-dealkylation sites (tertiary alicyclic amines) is 1. The summed E-state index contributed by atoms with van der Waals surface area (Å²) in [6.07, 6.45) is 5.76. The molecule has 148 valence electrons. The SMILES string of the molecule is CC(C)n1cc2cccc(C(=O)CCC3CCN(CC(C)(C)O)CC3)c2n1. The van der Waals surface area contributed by atoms with Gasteiger partial charge in [0.1, 0.15) is 5.52 Å². The number of fused-ring (bicyclic) bond motifs is 1. The Bertz CT molecular complexity index is 780. The highest BCUT2D eigenvalue weighted by Gasteiger charge is 2.24. The third-order valence-corrected chi connectivity index (χ3v) is 5.48. The van der Waals surface area contributed by atoms with Gasteiger partial charge in [-0.25, -0.2) is 0 Å². The Morgan fingerprint density at radius 1 is 1.30 bits per heavy atom. The molecule has 0 bridgehead atoms. The van der Waals surface area contributed by atoms with Crippen LogP contribution in [0.3, 0.4) is 0 Å². The summed E-state index contributed by atoms with van der Waals surface area (Å²) in [5.74, 6) is 0.799. The molecule has 0 aliphatic carbocycles. The van der Waals surface area contributed by atoms with Crippen LogP contribution in [0.1, 0.15) is 69.8 Å². The molecular weight excluding hydrogens is 338 g/mol. The van der Waals surface area contributed by atoms with Crippen LogP contribution in [0.25, 0.3) is 10.9 Å². The van der Waals surface area contributed by atoms with Crippen LogP contribution in [-0.2, 0) is 0 Å². The first-order chi connectivity index (χ1) is 12.7. The lowest BCUT2D eigenvalue weighted by atomic mass is 9.89. The largest absolute Gasteiger partial charge is 0.389 e. The Morgan fingerprint density at radius 3 is 2.63 bits per heavy atom. The fraction of sp³-hybridized carbons (Fsp3) is 0.636. The molecule has 5 nitrogen and oxygen atoms in total. The maximum atomic E-state index is 12.8. The molecule has 1 aliphatic heterocycles. The molecule has 0 saturated carbocycles. The molecule has 1 aliphatic rings. The zero-order chi connectivity index (χ0) is 19.6. The molecule has 1 fully saturated rings. The molecule has 1 aromatic carbocycles. The van der Waals surface area contributed by atoms with Gasteiger partial charge < -0.3 is 10.0 Å². The van der Waals surface area contributed by atoms with E-state index in [4.69, 9.17) is 0 Å². The lowest BCUT2D eigenvalue weighted by Crippen LogP contribution is -2.42. The molecule has 0 unspecified atom stereocenters. The van der Waals surface area contributed by atoms with E-state index in [1.807, 2.05) is 42.9 Å². The summed E-state index contributed by atoms with van der Waals surface area (Å²) in [5, 5.41) is 15.6.